The summed E-state index contributed by atoms with van der Waals surface area (Å²) in [6.07, 6.45) is 5.84. The molecule has 0 aliphatic carbocycles. The maximum atomic E-state index is 2.29. The summed E-state index contributed by atoms with van der Waals surface area (Å²) in [6.45, 7) is 4.58. The Hall–Kier alpha value is 1.80. The smallest absolute Gasteiger partial charge is 0 e. The van der Waals surface area contributed by atoms with Crippen LogP contribution in [0.25, 0.3) is 0 Å². The molecule has 55 valence electrons. The van der Waals surface area contributed by atoms with Crippen LogP contribution in [0.1, 0.15) is 39.5 Å². The molecule has 0 aromatic carbocycles. The van der Waals surface area contributed by atoms with E-state index in [0.29, 0.717) is 0 Å². The van der Waals surface area contributed by atoms with Crippen LogP contribution in [0.2, 0.25) is 8.87 Å². The van der Waals surface area contributed by atoms with Crippen molar-refractivity contribution >= 4 is 50.7 Å². The Morgan fingerprint density at radius 3 is 1.60 bits per heavy atom. The number of hydrogen-bond acceptors (Lipinski definition) is 0. The van der Waals surface area contributed by atoms with Crippen LogP contribution >= 0.6 is 0 Å². The van der Waals surface area contributed by atoms with Gasteiger partial charge in [0.05, 0.1) is 0 Å². The Bertz CT molecular complexity index is 42.5. The van der Waals surface area contributed by atoms with Gasteiger partial charge in [0.15, 0.2) is 0 Å². The Morgan fingerprint density at radius 1 is 0.900 bits per heavy atom. The second-order valence-corrected chi connectivity index (χ2v) is 6.74. The first-order chi connectivity index (χ1) is 4.41. The normalized spacial score (nSPS) is 9.00. The predicted octanol–water partition coefficient (Wildman–Crippen LogP) is 2.75. The molecule has 0 unspecified atom stereocenters. The summed E-state index contributed by atoms with van der Waals surface area (Å²) in [4.78, 5) is 0. The fraction of sp³-hybridized carbons (Fsp3) is 1.00. The molecule has 0 atom stereocenters. The van der Waals surface area contributed by atoms with E-state index in [1.54, 1.807) is 8.87 Å². The van der Waals surface area contributed by atoms with Crippen molar-refractivity contribution < 1.29 is 0 Å². The number of hydrogen-bond donors (Lipinski definition) is 0. The molecule has 0 aromatic heterocycles. The van der Waals surface area contributed by atoms with Crippen LogP contribution in [0.4, 0.5) is 0 Å². The largest absolute Gasteiger partial charge is 0 e. The molecule has 0 aliphatic heterocycles. The van der Waals surface area contributed by atoms with E-state index in [1.807, 2.05) is 0 Å². The quantitative estimate of drug-likeness (QED) is 0.506. The van der Waals surface area contributed by atoms with Gasteiger partial charge in [-0.1, -0.05) is 0 Å². The third kappa shape index (κ3) is 12.5. The molecule has 2 heteroatoms. The first kappa shape index (κ1) is 14.3. The Balaban J connectivity index is 0. The van der Waals surface area contributed by atoms with Crippen molar-refractivity contribution in [2.75, 3.05) is 0 Å². The fourth-order valence-corrected chi connectivity index (χ4v) is 4.89. The Kier molecular flexibility index (Phi) is 19.2. The standard InChI is InChI=1S/2C4H9.Na.Sn/c2*1-3-4-2;;/h2*1,3-4H2,2H3;;. The molecule has 0 bridgehead atoms. The maximum Gasteiger partial charge on any atom is 0 e. The van der Waals surface area contributed by atoms with Crippen LogP contribution in [0.15, 0.2) is 0 Å². The predicted molar refractivity (Wildman–Crippen MR) is 50.9 cm³/mol. The van der Waals surface area contributed by atoms with Crippen LogP contribution in [0.5, 0.6) is 0 Å². The van der Waals surface area contributed by atoms with Crippen molar-refractivity contribution in [3.05, 3.63) is 0 Å². The summed E-state index contributed by atoms with van der Waals surface area (Å²) < 4.78 is 3.25. The molecule has 0 aliphatic rings. The molecule has 0 aromatic rings. The van der Waals surface area contributed by atoms with Crippen LogP contribution in [0.3, 0.4) is 0 Å². The van der Waals surface area contributed by atoms with Gasteiger partial charge in [-0.15, -0.1) is 0 Å². The zero-order valence-corrected chi connectivity index (χ0v) is 12.6. The molecular weight excluding hydrogens is 238 g/mol. The molecular formula is C8H18NaSn. The monoisotopic (exact) mass is 257 g/mol. The van der Waals surface area contributed by atoms with Crippen molar-refractivity contribution in [3.63, 3.8) is 0 Å². The van der Waals surface area contributed by atoms with E-state index >= 15 is 0 Å². The second kappa shape index (κ2) is 13.4. The number of rotatable bonds is 6. The van der Waals surface area contributed by atoms with Crippen molar-refractivity contribution in [2.24, 2.45) is 0 Å². The molecule has 0 saturated heterocycles. The molecule has 10 heavy (non-hydrogen) atoms. The zero-order valence-electron chi connectivity index (χ0n) is 7.74. The maximum absolute atomic E-state index is 2.29. The summed E-state index contributed by atoms with van der Waals surface area (Å²) in [5.41, 5.74) is 0. The third-order valence-corrected chi connectivity index (χ3v) is 5.45. The van der Waals surface area contributed by atoms with Gasteiger partial charge in [0.25, 0.3) is 0 Å². The number of unbranched alkanes of at least 4 members (excludes halogenated alkanes) is 2. The summed E-state index contributed by atoms with van der Waals surface area (Å²) in [5, 5.41) is 0. The van der Waals surface area contributed by atoms with Gasteiger partial charge in [-0.05, 0) is 0 Å². The van der Waals surface area contributed by atoms with E-state index in [0.717, 1.165) is 0 Å². The van der Waals surface area contributed by atoms with Crippen molar-refractivity contribution in [2.45, 2.75) is 48.4 Å². The molecule has 0 N–H and O–H groups in total. The molecule has 0 spiro atoms. The second-order valence-electron chi connectivity index (χ2n) is 2.46. The fourth-order valence-electron chi connectivity index (χ4n) is 0.729. The van der Waals surface area contributed by atoms with Gasteiger partial charge in [-0.2, -0.15) is 0 Å². The van der Waals surface area contributed by atoms with Crippen molar-refractivity contribution in [1.82, 2.24) is 0 Å². The average Bonchev–Trinajstić information content (AvgIpc) is 1.89. The van der Waals surface area contributed by atoms with Gasteiger partial charge in [-0.3, -0.25) is 0 Å². The van der Waals surface area contributed by atoms with Crippen LogP contribution in [-0.2, 0) is 0 Å². The van der Waals surface area contributed by atoms with E-state index in [-0.39, 0.29) is 50.7 Å². The van der Waals surface area contributed by atoms with Crippen molar-refractivity contribution in [1.29, 1.82) is 0 Å². The van der Waals surface area contributed by atoms with E-state index < -0.39 is 0 Å². The third-order valence-electron chi connectivity index (χ3n) is 1.41. The molecule has 0 rings (SSSR count). The molecule has 0 amide bonds. The van der Waals surface area contributed by atoms with Gasteiger partial charge in [0.1, 0.15) is 0 Å². The minimum absolute atomic E-state index is 0. The van der Waals surface area contributed by atoms with Gasteiger partial charge in [-0.25, -0.2) is 0 Å². The summed E-state index contributed by atoms with van der Waals surface area (Å²) in [5.74, 6) is 0. The molecule has 0 saturated carbocycles. The van der Waals surface area contributed by atoms with E-state index in [1.165, 1.54) is 25.7 Å². The minimum atomic E-state index is 0. The molecule has 0 fully saturated rings. The minimum Gasteiger partial charge on any atom is 0 e. The summed E-state index contributed by atoms with van der Waals surface area (Å²) >= 11 is 0.149. The van der Waals surface area contributed by atoms with Gasteiger partial charge < -0.3 is 0 Å². The van der Waals surface area contributed by atoms with Gasteiger partial charge in [0.2, 0.25) is 0 Å². The summed E-state index contributed by atoms with van der Waals surface area (Å²) in [7, 11) is 0. The van der Waals surface area contributed by atoms with Gasteiger partial charge >= 0.3 is 69.5 Å². The van der Waals surface area contributed by atoms with E-state index in [9.17, 15) is 0 Å². The average molecular weight is 256 g/mol. The SMILES string of the molecule is CCC[CH2][Sn][CH2]CCC.[Na]. The van der Waals surface area contributed by atoms with Crippen LogP contribution < -0.4 is 0 Å². The summed E-state index contributed by atoms with van der Waals surface area (Å²) in [6, 6.07) is 0. The first-order valence-electron chi connectivity index (χ1n) is 4.12. The van der Waals surface area contributed by atoms with Crippen LogP contribution in [-0.4, -0.2) is 50.7 Å². The Morgan fingerprint density at radius 2 is 1.30 bits per heavy atom. The van der Waals surface area contributed by atoms with E-state index in [2.05, 4.69) is 13.8 Å². The van der Waals surface area contributed by atoms with Gasteiger partial charge in [0, 0.05) is 29.6 Å². The molecule has 3 radical (unpaired) electrons. The van der Waals surface area contributed by atoms with Crippen molar-refractivity contribution in [3.8, 4) is 0 Å². The molecule has 0 heterocycles. The Labute approximate surface area is 98.1 Å². The van der Waals surface area contributed by atoms with E-state index in [4.69, 9.17) is 0 Å². The molecule has 0 nitrogen and oxygen atoms in total. The topological polar surface area (TPSA) is 0 Å². The first-order valence-corrected chi connectivity index (χ1v) is 8.16. The zero-order chi connectivity index (χ0) is 6.95. The van der Waals surface area contributed by atoms with Crippen LogP contribution in [0, 0.1) is 0 Å².